The minimum Gasteiger partial charge on any atom is -0.489 e. The Hall–Kier alpha value is -2.60. The van der Waals surface area contributed by atoms with Gasteiger partial charge in [-0.15, -0.1) is 0 Å². The molecule has 1 atom stereocenters. The van der Waals surface area contributed by atoms with E-state index in [0.29, 0.717) is 59.9 Å². The summed E-state index contributed by atoms with van der Waals surface area (Å²) >= 11 is 6.24. The first-order chi connectivity index (χ1) is 12.7. The maximum absolute atomic E-state index is 12.5. The van der Waals surface area contributed by atoms with Crippen LogP contribution in [0.4, 0.5) is 0 Å². The average Bonchev–Trinajstić information content (AvgIpc) is 2.92. The van der Waals surface area contributed by atoms with E-state index < -0.39 is 0 Å². The summed E-state index contributed by atoms with van der Waals surface area (Å²) in [5, 5.41) is 3.21. The molecule has 0 aromatic heterocycles. The molecule has 6 nitrogen and oxygen atoms in total. The first-order valence-electron chi connectivity index (χ1n) is 8.46. The summed E-state index contributed by atoms with van der Waals surface area (Å²) in [6.45, 7) is 1.76. The van der Waals surface area contributed by atoms with Gasteiger partial charge in [0.25, 0.3) is 5.91 Å². The van der Waals surface area contributed by atoms with E-state index in [1.807, 2.05) is 24.3 Å². The Morgan fingerprint density at radius 1 is 1.08 bits per heavy atom. The van der Waals surface area contributed by atoms with Gasteiger partial charge >= 0.3 is 0 Å². The van der Waals surface area contributed by atoms with Crippen molar-refractivity contribution in [1.82, 2.24) is 5.32 Å². The van der Waals surface area contributed by atoms with Crippen molar-refractivity contribution >= 4 is 17.5 Å². The van der Waals surface area contributed by atoms with Crippen molar-refractivity contribution in [2.24, 2.45) is 0 Å². The first-order valence-corrected chi connectivity index (χ1v) is 8.84. The second-order valence-electron chi connectivity index (χ2n) is 6.04. The Kier molecular flexibility index (Phi) is 4.75. The van der Waals surface area contributed by atoms with Crippen molar-refractivity contribution in [1.29, 1.82) is 0 Å². The number of ether oxygens (including phenoxy) is 4. The van der Waals surface area contributed by atoms with E-state index in [4.69, 9.17) is 30.5 Å². The molecular weight excluding hydrogens is 358 g/mol. The summed E-state index contributed by atoms with van der Waals surface area (Å²) < 4.78 is 22.7. The number of halogens is 1. The molecule has 2 aliphatic rings. The normalized spacial score (nSPS) is 18.0. The lowest BCUT2D eigenvalue weighted by atomic mass is 10.1. The number of carbonyl (C=O) groups is 1. The standard InChI is InChI=1S/C19H18ClNO5/c20-14-8-12(9-17-18(14)24-7-3-6-23-17)19(22)21-10-13-11-25-15-4-1-2-5-16(15)26-13/h1-2,4-5,8-9,13H,3,6-7,10-11H2,(H,21,22). The zero-order chi connectivity index (χ0) is 17.9. The summed E-state index contributed by atoms with van der Waals surface area (Å²) in [5.74, 6) is 2.11. The molecule has 1 amide bonds. The predicted molar refractivity (Wildman–Crippen MR) is 95.7 cm³/mol. The van der Waals surface area contributed by atoms with Crippen LogP contribution in [0.5, 0.6) is 23.0 Å². The molecule has 136 valence electrons. The van der Waals surface area contributed by atoms with Gasteiger partial charge in [-0.2, -0.15) is 0 Å². The fourth-order valence-corrected chi connectivity index (χ4v) is 3.10. The number of hydrogen-bond donors (Lipinski definition) is 1. The lowest BCUT2D eigenvalue weighted by molar-refractivity contribution is 0.0789. The van der Waals surface area contributed by atoms with E-state index in [9.17, 15) is 4.79 Å². The highest BCUT2D eigenvalue weighted by Gasteiger charge is 2.22. The lowest BCUT2D eigenvalue weighted by Gasteiger charge is -2.26. The van der Waals surface area contributed by atoms with Crippen LogP contribution in [0.1, 0.15) is 16.8 Å². The van der Waals surface area contributed by atoms with Crippen molar-refractivity contribution < 1.29 is 23.7 Å². The zero-order valence-electron chi connectivity index (χ0n) is 14.0. The fraction of sp³-hybridized carbons (Fsp3) is 0.316. The smallest absolute Gasteiger partial charge is 0.251 e. The minimum atomic E-state index is -0.260. The molecule has 1 unspecified atom stereocenters. The molecule has 2 aromatic rings. The van der Waals surface area contributed by atoms with Gasteiger partial charge in [-0.1, -0.05) is 23.7 Å². The number of para-hydroxylation sites is 2. The second-order valence-corrected chi connectivity index (χ2v) is 6.45. The van der Waals surface area contributed by atoms with Crippen LogP contribution in [-0.4, -0.2) is 38.4 Å². The molecule has 0 saturated carbocycles. The Bertz CT molecular complexity index is 826. The topological polar surface area (TPSA) is 66.0 Å². The molecule has 4 rings (SSSR count). The van der Waals surface area contributed by atoms with E-state index in [0.717, 1.165) is 6.42 Å². The van der Waals surface area contributed by atoms with Gasteiger partial charge in [-0.3, -0.25) is 4.79 Å². The maximum Gasteiger partial charge on any atom is 0.251 e. The molecule has 0 aliphatic carbocycles. The molecule has 2 heterocycles. The molecule has 1 N–H and O–H groups in total. The molecule has 2 aliphatic heterocycles. The van der Waals surface area contributed by atoms with E-state index in [2.05, 4.69) is 5.32 Å². The van der Waals surface area contributed by atoms with Crippen molar-refractivity contribution in [3.8, 4) is 23.0 Å². The molecule has 26 heavy (non-hydrogen) atoms. The number of benzene rings is 2. The van der Waals surface area contributed by atoms with Crippen LogP contribution in [0.3, 0.4) is 0 Å². The third-order valence-electron chi connectivity index (χ3n) is 4.12. The molecule has 0 fully saturated rings. The molecule has 0 bridgehead atoms. The summed E-state index contributed by atoms with van der Waals surface area (Å²) in [6.07, 6.45) is 0.511. The highest BCUT2D eigenvalue weighted by molar-refractivity contribution is 6.32. The highest BCUT2D eigenvalue weighted by Crippen LogP contribution is 2.38. The van der Waals surface area contributed by atoms with E-state index in [-0.39, 0.29) is 12.0 Å². The van der Waals surface area contributed by atoms with Crippen LogP contribution >= 0.6 is 11.6 Å². The van der Waals surface area contributed by atoms with Crippen LogP contribution in [0, 0.1) is 0 Å². The van der Waals surface area contributed by atoms with Gasteiger partial charge in [0, 0.05) is 12.0 Å². The van der Waals surface area contributed by atoms with Gasteiger partial charge in [-0.25, -0.2) is 0 Å². The Morgan fingerprint density at radius 3 is 2.77 bits per heavy atom. The molecule has 0 spiro atoms. The van der Waals surface area contributed by atoms with E-state index in [1.54, 1.807) is 12.1 Å². The maximum atomic E-state index is 12.5. The van der Waals surface area contributed by atoms with Crippen LogP contribution < -0.4 is 24.3 Å². The molecule has 0 radical (unpaired) electrons. The van der Waals surface area contributed by atoms with Crippen molar-refractivity contribution in [3.63, 3.8) is 0 Å². The van der Waals surface area contributed by atoms with Crippen LogP contribution in [0.2, 0.25) is 5.02 Å². The van der Waals surface area contributed by atoms with Crippen molar-refractivity contribution in [2.45, 2.75) is 12.5 Å². The summed E-state index contributed by atoms with van der Waals surface area (Å²) in [7, 11) is 0. The number of carbonyl (C=O) groups excluding carboxylic acids is 1. The summed E-state index contributed by atoms with van der Waals surface area (Å²) in [4.78, 5) is 12.5. The van der Waals surface area contributed by atoms with E-state index >= 15 is 0 Å². The van der Waals surface area contributed by atoms with Gasteiger partial charge in [0.05, 0.1) is 24.8 Å². The van der Waals surface area contributed by atoms with Gasteiger partial charge in [0.2, 0.25) is 0 Å². The van der Waals surface area contributed by atoms with Crippen LogP contribution in [0.25, 0.3) is 0 Å². The number of fused-ring (bicyclic) bond motifs is 2. The molecule has 7 heteroatoms. The zero-order valence-corrected chi connectivity index (χ0v) is 14.8. The summed E-state index contributed by atoms with van der Waals surface area (Å²) in [6, 6.07) is 10.7. The van der Waals surface area contributed by atoms with Gasteiger partial charge in [0.15, 0.2) is 23.0 Å². The number of amides is 1. The van der Waals surface area contributed by atoms with Gasteiger partial charge in [-0.05, 0) is 24.3 Å². The largest absolute Gasteiger partial charge is 0.489 e. The first kappa shape index (κ1) is 16.8. The second kappa shape index (κ2) is 7.33. The van der Waals surface area contributed by atoms with Gasteiger partial charge in [0.1, 0.15) is 12.7 Å². The Balaban J connectivity index is 1.41. The summed E-state index contributed by atoms with van der Waals surface area (Å²) in [5.41, 5.74) is 0.413. The van der Waals surface area contributed by atoms with Crippen molar-refractivity contribution in [3.05, 3.63) is 47.0 Å². The number of rotatable bonds is 3. The van der Waals surface area contributed by atoms with Crippen LogP contribution in [0.15, 0.2) is 36.4 Å². The SMILES string of the molecule is O=C(NCC1COc2ccccc2O1)c1cc(Cl)c2c(c1)OCCCO2. The average molecular weight is 376 g/mol. The highest BCUT2D eigenvalue weighted by atomic mass is 35.5. The number of hydrogen-bond acceptors (Lipinski definition) is 5. The van der Waals surface area contributed by atoms with Crippen LogP contribution in [-0.2, 0) is 0 Å². The fourth-order valence-electron chi connectivity index (χ4n) is 2.83. The molecule has 2 aromatic carbocycles. The monoisotopic (exact) mass is 375 g/mol. The van der Waals surface area contributed by atoms with Gasteiger partial charge < -0.3 is 24.3 Å². The van der Waals surface area contributed by atoms with E-state index in [1.165, 1.54) is 0 Å². The third kappa shape index (κ3) is 3.51. The number of nitrogens with one attached hydrogen (secondary N) is 1. The Morgan fingerprint density at radius 2 is 1.88 bits per heavy atom. The van der Waals surface area contributed by atoms with Crippen molar-refractivity contribution in [2.75, 3.05) is 26.4 Å². The molecule has 0 saturated heterocycles. The molecular formula is C19H18ClNO5. The minimum absolute atomic E-state index is 0.259. The Labute approximate surface area is 156 Å². The predicted octanol–water partition coefficient (Wildman–Crippen LogP) is 3.07. The third-order valence-corrected chi connectivity index (χ3v) is 4.40. The quantitative estimate of drug-likeness (QED) is 0.893. The lowest BCUT2D eigenvalue weighted by Crippen LogP contribution is -2.40.